The normalized spacial score (nSPS) is 11.7. The van der Waals surface area contributed by atoms with Crippen LogP contribution in [-0.2, 0) is 0 Å². The van der Waals surface area contributed by atoms with Crippen LogP contribution in [0.15, 0.2) is 121 Å². The Kier molecular flexibility index (Phi) is 8.94. The Morgan fingerprint density at radius 2 is 1.16 bits per heavy atom. The van der Waals surface area contributed by atoms with Gasteiger partial charge < -0.3 is 9.47 Å². The first-order valence-electron chi connectivity index (χ1n) is 13.5. The number of hydrogen-bond donors (Lipinski definition) is 0. The smallest absolute Gasteiger partial charge is 0.234 e. The molecule has 0 spiro atoms. The summed E-state index contributed by atoms with van der Waals surface area (Å²) in [5, 5.41) is 0.671. The molecule has 0 bridgehead atoms. The molecule has 0 amide bonds. The summed E-state index contributed by atoms with van der Waals surface area (Å²) >= 11 is 5.88. The molecule has 5 nitrogen and oxygen atoms in total. The zero-order valence-corrected chi connectivity index (χ0v) is 24.3. The van der Waals surface area contributed by atoms with Crippen molar-refractivity contribution in [1.82, 2.24) is 0 Å². The number of ether oxygens (including phenoxy) is 2. The van der Waals surface area contributed by atoms with Gasteiger partial charge in [0, 0.05) is 21.7 Å². The highest BCUT2D eigenvalue weighted by atomic mass is 35.5. The van der Waals surface area contributed by atoms with Crippen molar-refractivity contribution in [3.63, 3.8) is 0 Å². The molecule has 0 fully saturated rings. The predicted octanol–water partition coefficient (Wildman–Crippen LogP) is 8.65. The predicted molar refractivity (Wildman–Crippen MR) is 170 cm³/mol. The van der Waals surface area contributed by atoms with Gasteiger partial charge in [-0.2, -0.15) is 0 Å². The Bertz CT molecular complexity index is 1840. The number of benzene rings is 5. The van der Waals surface area contributed by atoms with E-state index in [1.807, 2.05) is 60.7 Å². The monoisotopic (exact) mass is 586 g/mol. The van der Waals surface area contributed by atoms with Crippen molar-refractivity contribution in [1.29, 1.82) is 0 Å². The molecule has 1 aliphatic rings. The van der Waals surface area contributed by atoms with E-state index < -0.39 is 11.6 Å². The Morgan fingerprint density at radius 1 is 0.605 bits per heavy atom. The summed E-state index contributed by atoms with van der Waals surface area (Å²) in [7, 11) is 3.19. The van der Waals surface area contributed by atoms with Gasteiger partial charge in [-0.25, -0.2) is 0 Å². The number of allylic oxidation sites excluding steroid dienone is 1. The summed E-state index contributed by atoms with van der Waals surface area (Å²) < 4.78 is 10.5. The fourth-order valence-corrected chi connectivity index (χ4v) is 4.92. The SMILES string of the molecule is COc1ccc(C(=O)/C=C/c2ccc(Cl)cc2)c(-c2ccccc2)c1.COc1ccc2c(c1)-c1ccccc1C(=O)C2=O. The van der Waals surface area contributed by atoms with Gasteiger partial charge in [0.05, 0.1) is 14.2 Å². The maximum Gasteiger partial charge on any atom is 0.234 e. The first-order chi connectivity index (χ1) is 20.9. The van der Waals surface area contributed by atoms with Crippen molar-refractivity contribution in [2.45, 2.75) is 0 Å². The number of rotatable bonds is 6. The van der Waals surface area contributed by atoms with Gasteiger partial charge in [0.1, 0.15) is 11.5 Å². The zero-order chi connectivity index (χ0) is 30.3. The molecule has 0 atom stereocenters. The lowest BCUT2D eigenvalue weighted by atomic mass is 9.84. The van der Waals surface area contributed by atoms with E-state index >= 15 is 0 Å². The summed E-state index contributed by atoms with van der Waals surface area (Å²) in [5.41, 5.74) is 5.84. The zero-order valence-electron chi connectivity index (χ0n) is 23.5. The number of methoxy groups -OCH3 is 2. The largest absolute Gasteiger partial charge is 0.497 e. The highest BCUT2D eigenvalue weighted by molar-refractivity contribution is 6.53. The third kappa shape index (κ3) is 6.48. The van der Waals surface area contributed by atoms with Crippen LogP contribution in [0, 0.1) is 0 Å². The lowest BCUT2D eigenvalue weighted by Gasteiger charge is -2.18. The van der Waals surface area contributed by atoms with Crippen molar-refractivity contribution in [3.05, 3.63) is 149 Å². The van der Waals surface area contributed by atoms with Gasteiger partial charge in [-0.1, -0.05) is 84.4 Å². The van der Waals surface area contributed by atoms with Crippen LogP contribution in [0.25, 0.3) is 28.3 Å². The maximum absolute atomic E-state index is 12.7. The second-order valence-electron chi connectivity index (χ2n) is 9.64. The summed E-state index contributed by atoms with van der Waals surface area (Å²) in [4.78, 5) is 36.7. The van der Waals surface area contributed by atoms with Crippen LogP contribution in [0.5, 0.6) is 11.5 Å². The van der Waals surface area contributed by atoms with E-state index in [0.717, 1.165) is 33.6 Å². The van der Waals surface area contributed by atoms with Crippen molar-refractivity contribution >= 4 is 35.0 Å². The molecular weight excluding hydrogens is 560 g/mol. The van der Waals surface area contributed by atoms with E-state index in [4.69, 9.17) is 21.1 Å². The molecule has 0 aromatic heterocycles. The highest BCUT2D eigenvalue weighted by Crippen LogP contribution is 2.35. The Balaban J connectivity index is 0.000000180. The molecule has 0 aliphatic heterocycles. The first-order valence-corrected chi connectivity index (χ1v) is 13.9. The second-order valence-corrected chi connectivity index (χ2v) is 10.1. The van der Waals surface area contributed by atoms with Crippen molar-refractivity contribution in [3.8, 4) is 33.8 Å². The van der Waals surface area contributed by atoms with E-state index in [1.165, 1.54) is 0 Å². The maximum atomic E-state index is 12.7. The third-order valence-electron chi connectivity index (χ3n) is 7.01. The van der Waals surface area contributed by atoms with Crippen molar-refractivity contribution in [2.75, 3.05) is 14.2 Å². The van der Waals surface area contributed by atoms with Crippen molar-refractivity contribution in [2.24, 2.45) is 0 Å². The molecule has 6 heteroatoms. The average molecular weight is 587 g/mol. The minimum atomic E-state index is -0.452. The van der Waals surface area contributed by atoms with Crippen molar-refractivity contribution < 1.29 is 23.9 Å². The van der Waals surface area contributed by atoms with Gasteiger partial charge in [-0.3, -0.25) is 14.4 Å². The average Bonchev–Trinajstić information content (AvgIpc) is 3.07. The van der Waals surface area contributed by atoms with Crippen LogP contribution < -0.4 is 9.47 Å². The topological polar surface area (TPSA) is 69.7 Å². The molecule has 0 saturated carbocycles. The fraction of sp³-hybridized carbons (Fsp3) is 0.0541. The molecule has 43 heavy (non-hydrogen) atoms. The van der Waals surface area contributed by atoms with Crippen LogP contribution >= 0.6 is 11.6 Å². The van der Waals surface area contributed by atoms with Gasteiger partial charge in [0.15, 0.2) is 5.78 Å². The summed E-state index contributed by atoms with van der Waals surface area (Å²) in [5.74, 6) is 0.439. The van der Waals surface area contributed by atoms with Crippen LogP contribution in [0.4, 0.5) is 0 Å². The number of fused-ring (bicyclic) bond motifs is 3. The van der Waals surface area contributed by atoms with Crippen LogP contribution in [0.3, 0.4) is 0 Å². The molecule has 0 N–H and O–H groups in total. The van der Waals surface area contributed by atoms with Crippen LogP contribution in [0.2, 0.25) is 5.02 Å². The van der Waals surface area contributed by atoms with E-state index in [0.29, 0.717) is 27.5 Å². The lowest BCUT2D eigenvalue weighted by molar-refractivity contribution is 0.0815. The third-order valence-corrected chi connectivity index (χ3v) is 7.27. The summed E-state index contributed by atoms with van der Waals surface area (Å²) in [6.45, 7) is 0. The molecule has 5 aromatic rings. The highest BCUT2D eigenvalue weighted by Gasteiger charge is 2.30. The summed E-state index contributed by atoms with van der Waals surface area (Å²) in [6, 6.07) is 34.9. The fourth-order valence-electron chi connectivity index (χ4n) is 4.79. The lowest BCUT2D eigenvalue weighted by Crippen LogP contribution is -2.21. The number of halogens is 1. The Morgan fingerprint density at radius 3 is 1.81 bits per heavy atom. The van der Waals surface area contributed by atoms with Gasteiger partial charge in [0.25, 0.3) is 0 Å². The Hall–Kier alpha value is -5.26. The molecule has 1 aliphatic carbocycles. The number of Topliss-reactive ketones (excluding diaryl/α,β-unsaturated/α-hetero) is 2. The van der Waals surface area contributed by atoms with E-state index in [-0.39, 0.29) is 5.78 Å². The van der Waals surface area contributed by atoms with Gasteiger partial charge >= 0.3 is 0 Å². The molecule has 0 saturated heterocycles. The quantitative estimate of drug-likeness (QED) is 0.113. The minimum absolute atomic E-state index is 0.0588. The van der Waals surface area contributed by atoms with E-state index in [9.17, 15) is 14.4 Å². The van der Waals surface area contributed by atoms with Crippen LogP contribution in [0.1, 0.15) is 36.6 Å². The number of carbonyl (C=O) groups is 3. The van der Waals surface area contributed by atoms with E-state index in [1.54, 1.807) is 81.0 Å². The summed E-state index contributed by atoms with van der Waals surface area (Å²) in [6.07, 6.45) is 3.37. The number of carbonyl (C=O) groups excluding carboxylic acids is 3. The molecule has 0 radical (unpaired) electrons. The number of hydrogen-bond acceptors (Lipinski definition) is 5. The minimum Gasteiger partial charge on any atom is -0.497 e. The van der Waals surface area contributed by atoms with Gasteiger partial charge in [-0.15, -0.1) is 0 Å². The molecule has 6 rings (SSSR count). The van der Waals surface area contributed by atoms with Gasteiger partial charge in [-0.05, 0) is 82.4 Å². The molecule has 212 valence electrons. The molecule has 5 aromatic carbocycles. The molecule has 0 heterocycles. The van der Waals surface area contributed by atoms with Crippen LogP contribution in [-0.4, -0.2) is 31.6 Å². The van der Waals surface area contributed by atoms with Gasteiger partial charge in [0.2, 0.25) is 11.6 Å². The number of ketones is 3. The second kappa shape index (κ2) is 13.1. The molecule has 0 unspecified atom stereocenters. The molecular formula is C37H27ClO5. The Labute approximate surface area is 255 Å². The first kappa shape index (κ1) is 29.2. The van der Waals surface area contributed by atoms with E-state index in [2.05, 4.69) is 0 Å². The standard InChI is InChI=1S/C22H17ClO2.C15H10O3/c1-25-19-12-13-20(21(15-19)17-5-3-2-4-6-17)22(24)14-9-16-7-10-18(23)11-8-16;1-18-9-6-7-12-13(8-9)10-4-2-3-5-11(10)14(16)15(12)17/h2-15H,1H3;2-8H,1H3/b14-9+;.